The van der Waals surface area contributed by atoms with Crippen molar-refractivity contribution in [3.05, 3.63) is 22.2 Å². The molecular formula is C13H17Cl2F2N3O. The average Bonchev–Trinajstić information content (AvgIpc) is 2.49. The van der Waals surface area contributed by atoms with Crippen LogP contribution in [0.2, 0.25) is 10.4 Å². The molecule has 1 aliphatic rings. The van der Waals surface area contributed by atoms with Gasteiger partial charge in [0, 0.05) is 31.4 Å². The predicted molar refractivity (Wildman–Crippen MR) is 77.2 cm³/mol. The number of piperidine rings is 1. The Morgan fingerprint density at radius 1 is 1.38 bits per heavy atom. The lowest BCUT2D eigenvalue weighted by Crippen LogP contribution is -2.37. The second kappa shape index (κ2) is 8.17. The van der Waals surface area contributed by atoms with Crippen LogP contribution in [0.1, 0.15) is 18.4 Å². The van der Waals surface area contributed by atoms with Crippen LogP contribution in [0.15, 0.2) is 6.20 Å². The molecule has 0 bridgehead atoms. The fourth-order valence-electron chi connectivity index (χ4n) is 2.23. The van der Waals surface area contributed by atoms with Crippen LogP contribution in [0.5, 0.6) is 0 Å². The zero-order chi connectivity index (χ0) is 15.2. The zero-order valence-electron chi connectivity index (χ0n) is 11.4. The number of rotatable bonds is 6. The minimum atomic E-state index is -1.52. The van der Waals surface area contributed by atoms with Crippen molar-refractivity contribution in [2.45, 2.75) is 31.7 Å². The Kier molecular flexibility index (Phi) is 6.54. The number of nitrogens with zero attached hydrogens (tertiary/aromatic N) is 3. The summed E-state index contributed by atoms with van der Waals surface area (Å²) in [5.74, 6) is 0. The van der Waals surface area contributed by atoms with Gasteiger partial charge in [0.25, 0.3) is 0 Å². The van der Waals surface area contributed by atoms with Crippen molar-refractivity contribution >= 4 is 23.2 Å². The third kappa shape index (κ3) is 5.29. The average molecular weight is 340 g/mol. The fraction of sp³-hybridized carbons (Fsp3) is 0.692. The number of aromatic nitrogens is 2. The molecule has 0 amide bonds. The van der Waals surface area contributed by atoms with Gasteiger partial charge in [0.1, 0.15) is 11.8 Å². The summed E-state index contributed by atoms with van der Waals surface area (Å²) in [5, 5.41) is 0.487. The van der Waals surface area contributed by atoms with Crippen molar-refractivity contribution < 1.29 is 13.5 Å². The number of alkyl halides is 2. The number of likely N-dealkylation sites (tertiary alicyclic amines) is 1. The lowest BCUT2D eigenvalue weighted by molar-refractivity contribution is -0.0205. The molecule has 4 nitrogen and oxygen atoms in total. The zero-order valence-corrected chi connectivity index (χ0v) is 13.0. The fourth-order valence-corrected chi connectivity index (χ4v) is 2.60. The molecule has 1 aliphatic heterocycles. The molecule has 0 spiro atoms. The molecule has 0 saturated carbocycles. The molecule has 21 heavy (non-hydrogen) atoms. The first-order valence-electron chi connectivity index (χ1n) is 6.79. The van der Waals surface area contributed by atoms with Crippen molar-refractivity contribution in [2.75, 3.05) is 26.4 Å². The molecule has 2 rings (SSSR count). The summed E-state index contributed by atoms with van der Waals surface area (Å²) >= 11 is 11.7. The Morgan fingerprint density at radius 3 is 2.71 bits per heavy atom. The largest absolute Gasteiger partial charge is 0.375 e. The smallest absolute Gasteiger partial charge is 0.223 e. The number of hydrogen-bond donors (Lipinski definition) is 0. The van der Waals surface area contributed by atoms with E-state index in [0.29, 0.717) is 11.7 Å². The van der Waals surface area contributed by atoms with Gasteiger partial charge < -0.3 is 4.74 Å². The first kappa shape index (κ1) is 16.8. The highest BCUT2D eigenvalue weighted by Gasteiger charge is 2.21. The van der Waals surface area contributed by atoms with E-state index in [1.54, 1.807) is 6.20 Å². The first-order chi connectivity index (χ1) is 10.1. The van der Waals surface area contributed by atoms with Gasteiger partial charge in [-0.25, -0.2) is 18.7 Å². The van der Waals surface area contributed by atoms with Crippen molar-refractivity contribution in [1.82, 2.24) is 14.9 Å². The van der Waals surface area contributed by atoms with Crippen LogP contribution in [0.25, 0.3) is 0 Å². The molecule has 0 radical (unpaired) electrons. The van der Waals surface area contributed by atoms with Crippen LogP contribution >= 0.6 is 23.2 Å². The van der Waals surface area contributed by atoms with E-state index >= 15 is 0 Å². The van der Waals surface area contributed by atoms with E-state index < -0.39 is 12.8 Å². The molecule has 2 heterocycles. The minimum absolute atomic E-state index is 0.0111. The maximum Gasteiger partial charge on any atom is 0.223 e. The summed E-state index contributed by atoms with van der Waals surface area (Å²) in [6.45, 7) is 1.08. The highest BCUT2D eigenvalue weighted by Crippen LogP contribution is 2.20. The summed E-state index contributed by atoms with van der Waals surface area (Å²) in [6, 6.07) is 0. The van der Waals surface area contributed by atoms with Crippen molar-refractivity contribution in [3.8, 4) is 0 Å². The van der Waals surface area contributed by atoms with Crippen LogP contribution in [-0.4, -0.2) is 53.5 Å². The van der Waals surface area contributed by atoms with Crippen LogP contribution in [-0.2, 0) is 11.3 Å². The van der Waals surface area contributed by atoms with E-state index in [1.165, 1.54) is 0 Å². The molecule has 1 aromatic heterocycles. The first-order valence-corrected chi connectivity index (χ1v) is 7.55. The van der Waals surface area contributed by atoms with E-state index in [0.717, 1.165) is 31.5 Å². The van der Waals surface area contributed by atoms with Gasteiger partial charge in [0.05, 0.1) is 12.7 Å². The summed E-state index contributed by atoms with van der Waals surface area (Å²) < 4.78 is 30.2. The van der Waals surface area contributed by atoms with Crippen LogP contribution < -0.4 is 0 Å². The second-order valence-corrected chi connectivity index (χ2v) is 5.71. The molecule has 118 valence electrons. The summed E-state index contributed by atoms with van der Waals surface area (Å²) in [5.41, 5.74) is 0.821. The van der Waals surface area contributed by atoms with Crippen molar-refractivity contribution in [2.24, 2.45) is 0 Å². The Balaban J connectivity index is 1.76. The molecule has 1 unspecified atom stereocenters. The van der Waals surface area contributed by atoms with Crippen LogP contribution in [0, 0.1) is 0 Å². The molecule has 1 atom stereocenters. The summed E-state index contributed by atoms with van der Waals surface area (Å²) in [7, 11) is 0. The lowest BCUT2D eigenvalue weighted by atomic mass is 10.1. The topological polar surface area (TPSA) is 38.2 Å². The monoisotopic (exact) mass is 339 g/mol. The quantitative estimate of drug-likeness (QED) is 0.589. The molecule has 0 aliphatic carbocycles. The molecule has 8 heteroatoms. The van der Waals surface area contributed by atoms with E-state index in [9.17, 15) is 8.78 Å². The Labute approximate surface area is 132 Å². The number of ether oxygens (including phenoxy) is 1. The van der Waals surface area contributed by atoms with Crippen LogP contribution in [0.3, 0.4) is 0 Å². The Hall–Kier alpha value is -0.560. The number of halogens is 4. The molecule has 1 aromatic rings. The number of hydrogen-bond acceptors (Lipinski definition) is 4. The standard InChI is InChI=1S/C13H17Cl2F2N3O/c14-12-9(6-18-13(15)19-12)7-20-3-1-11(2-4-20)21-8-10(17)5-16/h6,10-11H,1-5,7-8H2. The van der Waals surface area contributed by atoms with Gasteiger partial charge in [-0.05, 0) is 24.4 Å². The van der Waals surface area contributed by atoms with Gasteiger partial charge in [-0.1, -0.05) is 11.6 Å². The van der Waals surface area contributed by atoms with Crippen LogP contribution in [0.4, 0.5) is 8.78 Å². The van der Waals surface area contributed by atoms with Gasteiger partial charge in [-0.2, -0.15) is 0 Å². The highest BCUT2D eigenvalue weighted by molar-refractivity contribution is 6.32. The Morgan fingerprint density at radius 2 is 2.10 bits per heavy atom. The van der Waals surface area contributed by atoms with E-state index in [2.05, 4.69) is 14.9 Å². The SMILES string of the molecule is FCC(F)COC1CCN(Cc2cnc(Cl)nc2Cl)CC1. The maximum absolute atomic E-state index is 12.8. The maximum atomic E-state index is 12.8. The minimum Gasteiger partial charge on any atom is -0.375 e. The summed E-state index contributed by atoms with van der Waals surface area (Å²) in [4.78, 5) is 10.0. The molecule has 0 N–H and O–H groups in total. The normalized spacial score (nSPS) is 18.9. The third-order valence-electron chi connectivity index (χ3n) is 3.39. The van der Waals surface area contributed by atoms with E-state index in [-0.39, 0.29) is 18.0 Å². The van der Waals surface area contributed by atoms with Gasteiger partial charge in [-0.15, -0.1) is 0 Å². The molecular weight excluding hydrogens is 323 g/mol. The van der Waals surface area contributed by atoms with Gasteiger partial charge in [-0.3, -0.25) is 4.90 Å². The lowest BCUT2D eigenvalue weighted by Gasteiger charge is -2.32. The predicted octanol–water partition coefficient (Wildman–Crippen LogP) is 3.07. The van der Waals surface area contributed by atoms with Crippen molar-refractivity contribution in [3.63, 3.8) is 0 Å². The third-order valence-corrected chi connectivity index (χ3v) is 3.90. The Bertz CT molecular complexity index is 459. The summed E-state index contributed by atoms with van der Waals surface area (Å²) in [6.07, 6.45) is 1.65. The van der Waals surface area contributed by atoms with Gasteiger partial charge in [0.15, 0.2) is 6.17 Å². The molecule has 0 aromatic carbocycles. The van der Waals surface area contributed by atoms with E-state index in [1.807, 2.05) is 0 Å². The molecule has 1 saturated heterocycles. The van der Waals surface area contributed by atoms with Crippen molar-refractivity contribution in [1.29, 1.82) is 0 Å². The van der Waals surface area contributed by atoms with Gasteiger partial charge in [0.2, 0.25) is 5.28 Å². The highest BCUT2D eigenvalue weighted by atomic mass is 35.5. The second-order valence-electron chi connectivity index (χ2n) is 5.02. The molecule has 1 fully saturated rings. The van der Waals surface area contributed by atoms with Gasteiger partial charge >= 0.3 is 0 Å². The van der Waals surface area contributed by atoms with E-state index in [4.69, 9.17) is 27.9 Å².